The number of rotatable bonds is 60. The van der Waals surface area contributed by atoms with Gasteiger partial charge in [0.1, 0.15) is 13.2 Å². The number of carbonyl (C=O) groups excluding carboxylic acids is 3. The van der Waals surface area contributed by atoms with Crippen molar-refractivity contribution in [2.24, 2.45) is 0 Å². The number of hydrogen-bond acceptors (Lipinski definition) is 6. The third kappa shape index (κ3) is 67.7. The number of hydrogen-bond donors (Lipinski definition) is 0. The lowest BCUT2D eigenvalue weighted by atomic mass is 10.0. The fraction of sp³-hybridized carbons (Fsp3) is 0.623. The number of allylic oxidation sites excluding steroid dienone is 26. The second-order valence-electron chi connectivity index (χ2n) is 22.0. The van der Waals surface area contributed by atoms with Crippen LogP contribution in [-0.4, -0.2) is 37.2 Å². The summed E-state index contributed by atoms with van der Waals surface area (Å²) in [5, 5.41) is 0. The molecular weight excluding hydrogens is 1020 g/mol. The van der Waals surface area contributed by atoms with Crippen LogP contribution in [0.4, 0.5) is 0 Å². The fourth-order valence-electron chi connectivity index (χ4n) is 8.97. The third-order valence-corrected chi connectivity index (χ3v) is 14.0. The van der Waals surface area contributed by atoms with Gasteiger partial charge in [0, 0.05) is 19.3 Å². The molecule has 468 valence electrons. The highest BCUT2D eigenvalue weighted by molar-refractivity contribution is 5.71. The lowest BCUT2D eigenvalue weighted by Gasteiger charge is -2.18. The summed E-state index contributed by atoms with van der Waals surface area (Å²) in [6.07, 6.45) is 101. The highest BCUT2D eigenvalue weighted by Gasteiger charge is 2.19. The second kappa shape index (κ2) is 69.5. The maximum atomic E-state index is 12.9. The van der Waals surface area contributed by atoms with Crippen LogP contribution in [0.3, 0.4) is 0 Å². The molecule has 0 radical (unpaired) electrons. The first-order chi connectivity index (χ1) is 41.0. The molecule has 0 aliphatic heterocycles. The van der Waals surface area contributed by atoms with Crippen molar-refractivity contribution in [1.82, 2.24) is 0 Å². The molecule has 0 heterocycles. The van der Waals surface area contributed by atoms with E-state index in [-0.39, 0.29) is 37.5 Å². The zero-order valence-corrected chi connectivity index (χ0v) is 53.7. The van der Waals surface area contributed by atoms with Crippen molar-refractivity contribution >= 4 is 17.9 Å². The highest BCUT2D eigenvalue weighted by atomic mass is 16.6. The molecule has 0 amide bonds. The summed E-state index contributed by atoms with van der Waals surface area (Å²) >= 11 is 0. The lowest BCUT2D eigenvalue weighted by Crippen LogP contribution is -2.30. The van der Waals surface area contributed by atoms with Crippen LogP contribution < -0.4 is 0 Å². The summed E-state index contributed by atoms with van der Waals surface area (Å²) in [6.45, 7) is 6.35. The summed E-state index contributed by atoms with van der Waals surface area (Å²) in [7, 11) is 0. The van der Waals surface area contributed by atoms with Gasteiger partial charge in [0.05, 0.1) is 0 Å². The maximum absolute atomic E-state index is 12.9. The average molecular weight is 1150 g/mol. The Morgan fingerprint density at radius 3 is 0.771 bits per heavy atom. The Hall–Kier alpha value is -4.97. The van der Waals surface area contributed by atoms with E-state index in [2.05, 4.69) is 179 Å². The van der Waals surface area contributed by atoms with Crippen molar-refractivity contribution in [2.75, 3.05) is 13.2 Å². The zero-order valence-electron chi connectivity index (χ0n) is 53.7. The predicted molar refractivity (Wildman–Crippen MR) is 362 cm³/mol. The Morgan fingerprint density at radius 2 is 0.470 bits per heavy atom. The van der Waals surface area contributed by atoms with Gasteiger partial charge in [-0.15, -0.1) is 0 Å². The molecule has 0 saturated carbocycles. The van der Waals surface area contributed by atoms with Gasteiger partial charge in [-0.3, -0.25) is 14.4 Å². The van der Waals surface area contributed by atoms with Gasteiger partial charge in [-0.25, -0.2) is 0 Å². The number of ether oxygens (including phenoxy) is 3. The molecule has 0 fully saturated rings. The quantitative estimate of drug-likeness (QED) is 0.0261. The topological polar surface area (TPSA) is 78.9 Å². The monoisotopic (exact) mass is 1140 g/mol. The van der Waals surface area contributed by atoms with E-state index in [4.69, 9.17) is 14.2 Å². The second-order valence-corrected chi connectivity index (χ2v) is 22.0. The standard InChI is InChI=1S/C77H124O6/c1-4-7-10-13-16-19-22-25-28-31-34-36-37-38-39-41-43-46-49-52-55-58-61-64-67-70-76(79)82-73-74(72-81-75(78)69-66-63-60-57-54-51-48-45-42-33-30-27-24-21-18-15-12-9-6-3)83-77(80)71-68-65-62-59-56-53-50-47-44-40-35-32-29-26-23-20-17-14-11-8-5-2/h8-9,11-12,17-18,20-22,25-27,29-31,34-35,40,42,45,47,50-51,54,56,59,74H,4-7,10,13-16,19,23-24,28,32-33,36-39,41,43-44,46,48-49,52-53,55,57-58,60-73H2,1-3H3/b11-8-,12-9-,20-17-,21-18-,25-22-,29-26-,30-27-,34-31-,40-35-,45-42-,50-47-,54-51-,59-56-. The lowest BCUT2D eigenvalue weighted by molar-refractivity contribution is -0.167. The van der Waals surface area contributed by atoms with Gasteiger partial charge in [-0.2, -0.15) is 0 Å². The molecule has 6 heteroatoms. The predicted octanol–water partition coefficient (Wildman–Crippen LogP) is 23.7. The van der Waals surface area contributed by atoms with Crippen molar-refractivity contribution in [1.29, 1.82) is 0 Å². The number of unbranched alkanes of at least 4 members (excludes halogenated alkanes) is 23. The van der Waals surface area contributed by atoms with Crippen molar-refractivity contribution in [2.45, 2.75) is 297 Å². The van der Waals surface area contributed by atoms with Crippen molar-refractivity contribution in [3.63, 3.8) is 0 Å². The van der Waals surface area contributed by atoms with E-state index >= 15 is 0 Å². The van der Waals surface area contributed by atoms with Crippen LogP contribution in [0.15, 0.2) is 158 Å². The largest absolute Gasteiger partial charge is 0.462 e. The van der Waals surface area contributed by atoms with Gasteiger partial charge in [-0.05, 0) is 148 Å². The molecule has 0 bridgehead atoms. The van der Waals surface area contributed by atoms with Gasteiger partial charge in [-0.1, -0.05) is 281 Å². The molecule has 1 unspecified atom stereocenters. The average Bonchev–Trinajstić information content (AvgIpc) is 3.50. The zero-order chi connectivity index (χ0) is 59.9. The van der Waals surface area contributed by atoms with E-state index in [1.165, 1.54) is 109 Å². The minimum absolute atomic E-state index is 0.113. The van der Waals surface area contributed by atoms with E-state index in [0.717, 1.165) is 135 Å². The fourth-order valence-corrected chi connectivity index (χ4v) is 8.97. The maximum Gasteiger partial charge on any atom is 0.306 e. The minimum atomic E-state index is -0.825. The summed E-state index contributed by atoms with van der Waals surface area (Å²) in [5.41, 5.74) is 0. The first kappa shape index (κ1) is 78.0. The summed E-state index contributed by atoms with van der Waals surface area (Å²) in [4.78, 5) is 38.4. The molecule has 0 aromatic carbocycles. The van der Waals surface area contributed by atoms with E-state index < -0.39 is 6.10 Å². The van der Waals surface area contributed by atoms with Gasteiger partial charge < -0.3 is 14.2 Å². The first-order valence-corrected chi connectivity index (χ1v) is 34.0. The van der Waals surface area contributed by atoms with Crippen LogP contribution in [0.5, 0.6) is 0 Å². The summed E-state index contributed by atoms with van der Waals surface area (Å²) in [6, 6.07) is 0. The van der Waals surface area contributed by atoms with Gasteiger partial charge in [0.2, 0.25) is 0 Å². The van der Waals surface area contributed by atoms with Gasteiger partial charge >= 0.3 is 17.9 Å². The van der Waals surface area contributed by atoms with Crippen molar-refractivity contribution in [3.05, 3.63) is 158 Å². The number of esters is 3. The van der Waals surface area contributed by atoms with Crippen LogP contribution >= 0.6 is 0 Å². The van der Waals surface area contributed by atoms with E-state index in [1.54, 1.807) is 0 Å². The molecule has 0 spiro atoms. The molecule has 6 nitrogen and oxygen atoms in total. The minimum Gasteiger partial charge on any atom is -0.462 e. The molecule has 0 aliphatic rings. The van der Waals surface area contributed by atoms with Gasteiger partial charge in [0.25, 0.3) is 0 Å². The van der Waals surface area contributed by atoms with E-state index in [1.807, 2.05) is 0 Å². The van der Waals surface area contributed by atoms with Gasteiger partial charge in [0.15, 0.2) is 6.10 Å². The Morgan fingerprint density at radius 1 is 0.253 bits per heavy atom. The molecule has 83 heavy (non-hydrogen) atoms. The first-order valence-electron chi connectivity index (χ1n) is 34.0. The van der Waals surface area contributed by atoms with Crippen molar-refractivity contribution < 1.29 is 28.6 Å². The van der Waals surface area contributed by atoms with Crippen LogP contribution in [0, 0.1) is 0 Å². The van der Waals surface area contributed by atoms with E-state index in [0.29, 0.717) is 19.3 Å². The third-order valence-electron chi connectivity index (χ3n) is 14.0. The molecule has 0 aromatic heterocycles. The number of carbonyl (C=O) groups is 3. The molecule has 0 saturated heterocycles. The van der Waals surface area contributed by atoms with E-state index in [9.17, 15) is 14.4 Å². The normalized spacial score (nSPS) is 13.1. The Balaban J connectivity index is 4.50. The summed E-state index contributed by atoms with van der Waals surface area (Å²) < 4.78 is 16.9. The molecule has 1 atom stereocenters. The van der Waals surface area contributed by atoms with Crippen LogP contribution in [0.2, 0.25) is 0 Å². The highest BCUT2D eigenvalue weighted by Crippen LogP contribution is 2.15. The van der Waals surface area contributed by atoms with Crippen molar-refractivity contribution in [3.8, 4) is 0 Å². The molecule has 0 N–H and O–H groups in total. The smallest absolute Gasteiger partial charge is 0.306 e. The Bertz CT molecular complexity index is 1840. The molecule has 0 aliphatic carbocycles. The Kier molecular flexibility index (Phi) is 65.4. The van der Waals surface area contributed by atoms with Crippen LogP contribution in [-0.2, 0) is 28.6 Å². The molecular formula is C77H124O6. The summed E-state index contributed by atoms with van der Waals surface area (Å²) in [5.74, 6) is -0.990. The Labute approximate surface area is 511 Å². The SMILES string of the molecule is CC/C=C\C/C=C\C/C=C\C/C=C\C/C=C\C/C=C\CCCCC(=O)OC(COC(=O)CCCCC/C=C\C/C=C\C/C=C\C/C=C\C/C=C\CC)COC(=O)CCCCCCCCCCCCCCC/C=C\C/C=C\CCCCCCC. The molecule has 0 aromatic rings. The van der Waals surface area contributed by atoms with Crippen LogP contribution in [0.25, 0.3) is 0 Å². The van der Waals surface area contributed by atoms with Crippen LogP contribution in [0.1, 0.15) is 290 Å². The molecule has 0 rings (SSSR count).